The van der Waals surface area contributed by atoms with Crippen molar-refractivity contribution in [3.05, 3.63) is 36.1 Å². The molecule has 72 valence electrons. The quantitative estimate of drug-likeness (QED) is 0.640. The molecule has 0 saturated carbocycles. The highest BCUT2D eigenvalue weighted by Crippen LogP contribution is 2.24. The van der Waals surface area contributed by atoms with Crippen LogP contribution in [0, 0.1) is 0 Å². The minimum atomic E-state index is 0.530. The third-order valence-corrected chi connectivity index (χ3v) is 2.27. The zero-order chi connectivity index (χ0) is 10.0. The summed E-state index contributed by atoms with van der Waals surface area (Å²) in [7, 11) is 0. The molecule has 1 aliphatic rings. The second kappa shape index (κ2) is 3.82. The molecule has 0 atom stereocenters. The van der Waals surface area contributed by atoms with Crippen LogP contribution in [0.25, 0.3) is 0 Å². The normalized spacial score (nSPS) is 15.8. The predicted molar refractivity (Wildman–Crippen MR) is 58.5 cm³/mol. The van der Waals surface area contributed by atoms with Crippen LogP contribution in [0.1, 0.15) is 27.7 Å². The second-order valence-corrected chi connectivity index (χ2v) is 4.03. The molecular formula is C12H19N. The number of rotatable bonds is 3. The van der Waals surface area contributed by atoms with Crippen LogP contribution >= 0.6 is 0 Å². The van der Waals surface area contributed by atoms with Crippen LogP contribution in [0.15, 0.2) is 36.1 Å². The van der Waals surface area contributed by atoms with E-state index in [1.807, 2.05) is 0 Å². The first kappa shape index (κ1) is 10.1. The summed E-state index contributed by atoms with van der Waals surface area (Å²) in [6.07, 6.45) is 6.27. The molecule has 1 aliphatic carbocycles. The summed E-state index contributed by atoms with van der Waals surface area (Å²) in [4.78, 5) is 2.39. The summed E-state index contributed by atoms with van der Waals surface area (Å²) in [6, 6.07) is 1.06. The molecule has 0 spiro atoms. The maximum atomic E-state index is 4.02. The fourth-order valence-electron chi connectivity index (χ4n) is 1.85. The Balaban J connectivity index is 2.84. The molecule has 0 unspecified atom stereocenters. The Bertz CT molecular complexity index is 248. The van der Waals surface area contributed by atoms with Crippen LogP contribution in [0.3, 0.4) is 0 Å². The molecule has 0 aromatic carbocycles. The van der Waals surface area contributed by atoms with Crippen LogP contribution in [-0.2, 0) is 0 Å². The van der Waals surface area contributed by atoms with Gasteiger partial charge in [-0.05, 0) is 39.3 Å². The van der Waals surface area contributed by atoms with Gasteiger partial charge in [-0.3, -0.25) is 0 Å². The van der Waals surface area contributed by atoms with Crippen molar-refractivity contribution in [1.82, 2.24) is 4.90 Å². The first-order valence-corrected chi connectivity index (χ1v) is 4.90. The molecule has 1 heteroatoms. The van der Waals surface area contributed by atoms with E-state index >= 15 is 0 Å². The van der Waals surface area contributed by atoms with Gasteiger partial charge in [0.2, 0.25) is 0 Å². The van der Waals surface area contributed by atoms with Crippen molar-refractivity contribution >= 4 is 0 Å². The van der Waals surface area contributed by atoms with Gasteiger partial charge in [0.25, 0.3) is 0 Å². The maximum Gasteiger partial charge on any atom is 0.0438 e. The van der Waals surface area contributed by atoms with Crippen molar-refractivity contribution in [2.45, 2.75) is 39.8 Å². The van der Waals surface area contributed by atoms with E-state index in [1.165, 1.54) is 5.70 Å². The number of hydrogen-bond donors (Lipinski definition) is 0. The lowest BCUT2D eigenvalue weighted by molar-refractivity contribution is 0.238. The monoisotopic (exact) mass is 177 g/mol. The highest BCUT2D eigenvalue weighted by Gasteiger charge is 2.18. The molecule has 0 N–H and O–H groups in total. The van der Waals surface area contributed by atoms with Gasteiger partial charge in [-0.2, -0.15) is 0 Å². The Kier molecular flexibility index (Phi) is 2.97. The Hall–Kier alpha value is -0.980. The van der Waals surface area contributed by atoms with Gasteiger partial charge in [0, 0.05) is 17.8 Å². The topological polar surface area (TPSA) is 3.24 Å². The van der Waals surface area contributed by atoms with Crippen LogP contribution in [0.4, 0.5) is 0 Å². The van der Waals surface area contributed by atoms with E-state index in [0.717, 1.165) is 5.57 Å². The number of allylic oxidation sites excluding steroid dienone is 3. The van der Waals surface area contributed by atoms with Crippen LogP contribution < -0.4 is 0 Å². The summed E-state index contributed by atoms with van der Waals surface area (Å²) < 4.78 is 0. The lowest BCUT2D eigenvalue weighted by Crippen LogP contribution is -2.36. The zero-order valence-electron chi connectivity index (χ0n) is 9.04. The van der Waals surface area contributed by atoms with E-state index in [4.69, 9.17) is 0 Å². The van der Waals surface area contributed by atoms with E-state index in [0.29, 0.717) is 12.1 Å². The Morgan fingerprint density at radius 2 is 1.69 bits per heavy atom. The van der Waals surface area contributed by atoms with Crippen molar-refractivity contribution in [1.29, 1.82) is 0 Å². The van der Waals surface area contributed by atoms with Crippen LogP contribution in [0.5, 0.6) is 0 Å². The van der Waals surface area contributed by atoms with Gasteiger partial charge in [0.1, 0.15) is 0 Å². The summed E-state index contributed by atoms with van der Waals surface area (Å²) in [5.74, 6) is 0. The molecular weight excluding hydrogens is 158 g/mol. The van der Waals surface area contributed by atoms with Gasteiger partial charge in [-0.15, -0.1) is 0 Å². The van der Waals surface area contributed by atoms with Gasteiger partial charge in [-0.25, -0.2) is 0 Å². The van der Waals surface area contributed by atoms with Crippen molar-refractivity contribution < 1.29 is 0 Å². The predicted octanol–water partition coefficient (Wildman–Crippen LogP) is 3.12. The first-order chi connectivity index (χ1) is 6.04. The molecule has 0 amide bonds. The van der Waals surface area contributed by atoms with Crippen molar-refractivity contribution in [2.75, 3.05) is 0 Å². The summed E-state index contributed by atoms with van der Waals surface area (Å²) >= 11 is 0. The molecule has 0 bridgehead atoms. The van der Waals surface area contributed by atoms with Gasteiger partial charge in [0.15, 0.2) is 0 Å². The second-order valence-electron chi connectivity index (χ2n) is 4.03. The molecule has 0 radical (unpaired) electrons. The van der Waals surface area contributed by atoms with Crippen molar-refractivity contribution in [2.24, 2.45) is 0 Å². The minimum absolute atomic E-state index is 0.530. The van der Waals surface area contributed by atoms with Gasteiger partial charge in [0.05, 0.1) is 0 Å². The summed E-state index contributed by atoms with van der Waals surface area (Å²) in [6.45, 7) is 12.9. The lowest BCUT2D eigenvalue weighted by atomic mass is 10.1. The fourth-order valence-corrected chi connectivity index (χ4v) is 1.85. The number of nitrogens with zero attached hydrogens (tertiary/aromatic N) is 1. The van der Waals surface area contributed by atoms with E-state index in [1.54, 1.807) is 0 Å². The van der Waals surface area contributed by atoms with Crippen molar-refractivity contribution in [3.8, 4) is 0 Å². The Morgan fingerprint density at radius 1 is 1.15 bits per heavy atom. The molecule has 0 saturated heterocycles. The fraction of sp³-hybridized carbons (Fsp3) is 0.500. The van der Waals surface area contributed by atoms with E-state index in [2.05, 4.69) is 57.4 Å². The zero-order valence-corrected chi connectivity index (χ0v) is 9.04. The first-order valence-electron chi connectivity index (χ1n) is 4.90. The molecule has 0 aromatic rings. The van der Waals surface area contributed by atoms with Crippen molar-refractivity contribution in [3.63, 3.8) is 0 Å². The lowest BCUT2D eigenvalue weighted by Gasteiger charge is -2.34. The van der Waals surface area contributed by atoms with Gasteiger partial charge >= 0.3 is 0 Å². The molecule has 1 nitrogen and oxygen atoms in total. The third kappa shape index (κ3) is 2.03. The van der Waals surface area contributed by atoms with Crippen LogP contribution in [-0.4, -0.2) is 17.0 Å². The molecule has 0 aromatic heterocycles. The molecule has 0 heterocycles. The highest BCUT2D eigenvalue weighted by atomic mass is 15.2. The summed E-state index contributed by atoms with van der Waals surface area (Å²) in [5, 5.41) is 0. The number of hydrogen-bond acceptors (Lipinski definition) is 1. The standard InChI is InChI=1S/C12H19N/c1-9(2)13(10(3)4)12-8-6-7-11(12)5/h6-10H,5H2,1-4H3. The molecule has 0 fully saturated rings. The SMILES string of the molecule is C=C1C=CC=C1N(C(C)C)C(C)C. The summed E-state index contributed by atoms with van der Waals surface area (Å²) in [5.41, 5.74) is 2.40. The smallest absolute Gasteiger partial charge is 0.0438 e. The van der Waals surface area contributed by atoms with Gasteiger partial charge < -0.3 is 4.90 Å². The van der Waals surface area contributed by atoms with E-state index < -0.39 is 0 Å². The minimum Gasteiger partial charge on any atom is -0.366 e. The van der Waals surface area contributed by atoms with E-state index in [9.17, 15) is 0 Å². The Morgan fingerprint density at radius 3 is 2.00 bits per heavy atom. The molecule has 1 rings (SSSR count). The maximum absolute atomic E-state index is 4.02. The average Bonchev–Trinajstić information content (AvgIpc) is 2.35. The van der Waals surface area contributed by atoms with E-state index in [-0.39, 0.29) is 0 Å². The highest BCUT2D eigenvalue weighted by molar-refractivity contribution is 5.45. The average molecular weight is 177 g/mol. The molecule has 13 heavy (non-hydrogen) atoms. The van der Waals surface area contributed by atoms with Crippen LogP contribution in [0.2, 0.25) is 0 Å². The largest absolute Gasteiger partial charge is 0.366 e. The third-order valence-electron chi connectivity index (χ3n) is 2.27. The van der Waals surface area contributed by atoms with Gasteiger partial charge in [-0.1, -0.05) is 18.7 Å². The Labute approximate surface area is 81.4 Å². The molecule has 0 aliphatic heterocycles.